The van der Waals surface area contributed by atoms with Crippen LogP contribution < -0.4 is 0 Å². The maximum Gasteiger partial charge on any atom is 0.166 e. The molecule has 27 heavy (non-hydrogen) atoms. The van der Waals surface area contributed by atoms with E-state index in [0.717, 1.165) is 28.7 Å². The number of nitrogens with one attached hydrogen (secondary N) is 1. The lowest BCUT2D eigenvalue weighted by Gasteiger charge is -2.19. The second kappa shape index (κ2) is 6.84. The molecule has 0 fully saturated rings. The number of carbonyl (C=O) groups is 1. The molecule has 0 aliphatic heterocycles. The second-order valence-corrected chi connectivity index (χ2v) is 9.28. The zero-order valence-corrected chi connectivity index (χ0v) is 17.2. The predicted octanol–water partition coefficient (Wildman–Crippen LogP) is 6.76. The quantitative estimate of drug-likeness (QED) is 0.515. The number of aldehydes is 1. The lowest BCUT2D eigenvalue weighted by molar-refractivity contribution is 0.112. The molecule has 1 N–H and O–H groups in total. The minimum atomic E-state index is 0.115. The topological polar surface area (TPSA) is 32.9 Å². The SMILES string of the molecule is CC(C)(C)c1ccc(-c2cc(-c3ccc(C(C)(C)C)cc3)c(C=O)[nH]2)cc1. The molecular weight excluding hydrogens is 330 g/mol. The summed E-state index contributed by atoms with van der Waals surface area (Å²) < 4.78 is 0. The van der Waals surface area contributed by atoms with Gasteiger partial charge in [0.15, 0.2) is 6.29 Å². The lowest BCUT2D eigenvalue weighted by atomic mass is 9.86. The molecule has 0 atom stereocenters. The Morgan fingerprint density at radius 1 is 0.704 bits per heavy atom. The Bertz CT molecular complexity index is 930. The standard InChI is InChI=1S/C25H29NO/c1-24(2,3)19-11-7-17(8-12-19)21-15-22(26-23(21)16-27)18-9-13-20(14-10-18)25(4,5)6/h7-16,26H,1-6H3. The first-order chi connectivity index (χ1) is 12.6. The molecule has 1 heterocycles. The minimum Gasteiger partial charge on any atom is -0.352 e. The van der Waals surface area contributed by atoms with Gasteiger partial charge in [0.2, 0.25) is 0 Å². The molecule has 2 nitrogen and oxygen atoms in total. The van der Waals surface area contributed by atoms with Gasteiger partial charge in [0.25, 0.3) is 0 Å². The Labute approximate surface area is 162 Å². The molecule has 3 rings (SSSR count). The van der Waals surface area contributed by atoms with Gasteiger partial charge in [0.1, 0.15) is 0 Å². The summed E-state index contributed by atoms with van der Waals surface area (Å²) >= 11 is 0. The fourth-order valence-corrected chi connectivity index (χ4v) is 3.26. The molecule has 0 aliphatic rings. The van der Waals surface area contributed by atoms with Crippen molar-refractivity contribution in [3.63, 3.8) is 0 Å². The lowest BCUT2D eigenvalue weighted by Crippen LogP contribution is -2.10. The van der Waals surface area contributed by atoms with E-state index in [1.54, 1.807) is 0 Å². The molecule has 0 amide bonds. The smallest absolute Gasteiger partial charge is 0.166 e. The van der Waals surface area contributed by atoms with E-state index in [2.05, 4.69) is 101 Å². The summed E-state index contributed by atoms with van der Waals surface area (Å²) in [6.45, 7) is 13.2. The molecule has 0 radical (unpaired) electrons. The zero-order valence-electron chi connectivity index (χ0n) is 17.2. The molecule has 140 valence electrons. The van der Waals surface area contributed by atoms with Gasteiger partial charge in [-0.1, -0.05) is 90.1 Å². The summed E-state index contributed by atoms with van der Waals surface area (Å²) in [7, 11) is 0. The van der Waals surface area contributed by atoms with E-state index >= 15 is 0 Å². The van der Waals surface area contributed by atoms with Gasteiger partial charge in [-0.15, -0.1) is 0 Å². The van der Waals surface area contributed by atoms with Crippen LogP contribution in [0, 0.1) is 0 Å². The minimum absolute atomic E-state index is 0.115. The van der Waals surface area contributed by atoms with Crippen LogP contribution in [0.15, 0.2) is 54.6 Å². The van der Waals surface area contributed by atoms with E-state index in [1.807, 2.05) is 0 Å². The summed E-state index contributed by atoms with van der Waals surface area (Å²) in [5, 5.41) is 0. The van der Waals surface area contributed by atoms with Crippen molar-refractivity contribution in [1.82, 2.24) is 4.98 Å². The van der Waals surface area contributed by atoms with Crippen molar-refractivity contribution in [2.24, 2.45) is 0 Å². The molecular formula is C25H29NO. The van der Waals surface area contributed by atoms with Crippen molar-refractivity contribution >= 4 is 6.29 Å². The van der Waals surface area contributed by atoms with Crippen molar-refractivity contribution in [1.29, 1.82) is 0 Å². The summed E-state index contributed by atoms with van der Waals surface area (Å²) in [5.74, 6) is 0. The van der Waals surface area contributed by atoms with Gasteiger partial charge in [-0.25, -0.2) is 0 Å². The number of carbonyl (C=O) groups excluding carboxylic acids is 1. The number of aromatic nitrogens is 1. The first-order valence-corrected chi connectivity index (χ1v) is 9.49. The van der Waals surface area contributed by atoms with Crippen molar-refractivity contribution in [2.75, 3.05) is 0 Å². The second-order valence-electron chi connectivity index (χ2n) is 9.28. The van der Waals surface area contributed by atoms with Gasteiger partial charge >= 0.3 is 0 Å². The van der Waals surface area contributed by atoms with Gasteiger partial charge in [0.05, 0.1) is 5.69 Å². The highest BCUT2D eigenvalue weighted by atomic mass is 16.1. The van der Waals surface area contributed by atoms with Crippen molar-refractivity contribution < 1.29 is 4.79 Å². The third kappa shape index (κ3) is 4.05. The molecule has 1 aromatic heterocycles. The summed E-state index contributed by atoms with van der Waals surface area (Å²) in [5.41, 5.74) is 7.49. The Balaban J connectivity index is 1.97. The van der Waals surface area contributed by atoms with E-state index < -0.39 is 0 Å². The molecule has 0 bridgehead atoms. The Morgan fingerprint density at radius 3 is 1.56 bits per heavy atom. The van der Waals surface area contributed by atoms with Crippen LogP contribution in [0.5, 0.6) is 0 Å². The fraction of sp³-hybridized carbons (Fsp3) is 0.320. The highest BCUT2D eigenvalue weighted by molar-refractivity contribution is 5.89. The maximum absolute atomic E-state index is 11.6. The molecule has 0 spiro atoms. The van der Waals surface area contributed by atoms with E-state index in [0.29, 0.717) is 5.69 Å². The number of hydrogen-bond acceptors (Lipinski definition) is 1. The number of H-pyrrole nitrogens is 1. The van der Waals surface area contributed by atoms with Crippen LogP contribution in [-0.2, 0) is 10.8 Å². The van der Waals surface area contributed by atoms with E-state index in [9.17, 15) is 4.79 Å². The molecule has 2 aromatic carbocycles. The van der Waals surface area contributed by atoms with Crippen LogP contribution in [0.4, 0.5) is 0 Å². The van der Waals surface area contributed by atoms with Gasteiger partial charge in [0, 0.05) is 11.3 Å². The van der Waals surface area contributed by atoms with Crippen LogP contribution in [0.1, 0.15) is 63.2 Å². The third-order valence-electron chi connectivity index (χ3n) is 5.09. The largest absolute Gasteiger partial charge is 0.352 e. The van der Waals surface area contributed by atoms with Gasteiger partial charge in [-0.2, -0.15) is 0 Å². The molecule has 3 aromatic rings. The first-order valence-electron chi connectivity index (χ1n) is 9.49. The highest BCUT2D eigenvalue weighted by Gasteiger charge is 2.16. The van der Waals surface area contributed by atoms with Gasteiger partial charge < -0.3 is 4.98 Å². The Kier molecular flexibility index (Phi) is 4.86. The van der Waals surface area contributed by atoms with Gasteiger partial charge in [-0.3, -0.25) is 4.79 Å². The molecule has 0 saturated heterocycles. The van der Waals surface area contributed by atoms with Crippen LogP contribution in [0.25, 0.3) is 22.4 Å². The Morgan fingerprint density at radius 2 is 1.15 bits per heavy atom. The van der Waals surface area contributed by atoms with Crippen LogP contribution in [0.3, 0.4) is 0 Å². The van der Waals surface area contributed by atoms with Crippen LogP contribution in [0.2, 0.25) is 0 Å². The number of benzene rings is 2. The Hall–Kier alpha value is -2.61. The highest BCUT2D eigenvalue weighted by Crippen LogP contribution is 2.32. The number of rotatable bonds is 3. The first kappa shape index (κ1) is 19.2. The zero-order chi connectivity index (χ0) is 19.8. The fourth-order valence-electron chi connectivity index (χ4n) is 3.26. The van der Waals surface area contributed by atoms with Gasteiger partial charge in [-0.05, 0) is 39.2 Å². The van der Waals surface area contributed by atoms with E-state index in [1.165, 1.54) is 11.1 Å². The third-order valence-corrected chi connectivity index (χ3v) is 5.09. The van der Waals surface area contributed by atoms with Crippen molar-refractivity contribution in [2.45, 2.75) is 52.4 Å². The van der Waals surface area contributed by atoms with Crippen LogP contribution >= 0.6 is 0 Å². The average molecular weight is 360 g/mol. The summed E-state index contributed by atoms with van der Waals surface area (Å²) in [6, 6.07) is 19.1. The maximum atomic E-state index is 11.6. The molecule has 0 saturated carbocycles. The van der Waals surface area contributed by atoms with E-state index in [-0.39, 0.29) is 10.8 Å². The average Bonchev–Trinajstić information content (AvgIpc) is 3.05. The van der Waals surface area contributed by atoms with Crippen molar-refractivity contribution in [3.05, 3.63) is 71.4 Å². The molecule has 0 unspecified atom stereocenters. The number of hydrogen-bond donors (Lipinski definition) is 1. The molecule has 2 heteroatoms. The normalized spacial score (nSPS) is 12.2. The number of aromatic amines is 1. The predicted molar refractivity (Wildman–Crippen MR) is 114 cm³/mol. The van der Waals surface area contributed by atoms with E-state index in [4.69, 9.17) is 0 Å². The summed E-state index contributed by atoms with van der Waals surface area (Å²) in [4.78, 5) is 14.9. The monoisotopic (exact) mass is 359 g/mol. The van der Waals surface area contributed by atoms with Crippen molar-refractivity contribution in [3.8, 4) is 22.4 Å². The molecule has 0 aliphatic carbocycles. The van der Waals surface area contributed by atoms with Crippen LogP contribution in [-0.4, -0.2) is 11.3 Å². The summed E-state index contributed by atoms with van der Waals surface area (Å²) in [6.07, 6.45) is 0.903.